The van der Waals surface area contributed by atoms with Gasteiger partial charge in [0, 0.05) is 13.5 Å². The number of nitrogens with one attached hydrogen (secondary N) is 2. The van der Waals surface area contributed by atoms with E-state index in [9.17, 15) is 9.59 Å². The van der Waals surface area contributed by atoms with Gasteiger partial charge in [-0.05, 0) is 17.7 Å². The summed E-state index contributed by atoms with van der Waals surface area (Å²) in [4.78, 5) is 27.3. The number of anilines is 1. The number of benzene rings is 2. The van der Waals surface area contributed by atoms with Gasteiger partial charge in [-0.2, -0.15) is 4.98 Å². The fourth-order valence-corrected chi connectivity index (χ4v) is 2.29. The lowest BCUT2D eigenvalue weighted by molar-refractivity contribution is -0.114. The first-order chi connectivity index (χ1) is 13.1. The van der Waals surface area contributed by atoms with Crippen molar-refractivity contribution in [1.82, 2.24) is 15.5 Å². The predicted molar refractivity (Wildman–Crippen MR) is 97.0 cm³/mol. The van der Waals surface area contributed by atoms with Gasteiger partial charge < -0.3 is 19.9 Å². The summed E-state index contributed by atoms with van der Waals surface area (Å²) in [5.74, 6) is -0.121. The maximum atomic E-state index is 12.1. The first kappa shape index (κ1) is 18.1. The first-order valence-electron chi connectivity index (χ1n) is 8.26. The number of nitrogens with zero attached hydrogens (tertiary/aromatic N) is 2. The summed E-state index contributed by atoms with van der Waals surface area (Å²) in [5.41, 5.74) is 1.50. The highest BCUT2D eigenvalue weighted by molar-refractivity contribution is 5.90. The fraction of sp³-hybridized carbons (Fsp3) is 0.158. The average Bonchev–Trinajstić information content (AvgIpc) is 3.15. The predicted octanol–water partition coefficient (Wildman–Crippen LogP) is 2.54. The molecular formula is C19H18N4O4. The third kappa shape index (κ3) is 5.15. The van der Waals surface area contributed by atoms with Crippen molar-refractivity contribution in [3.63, 3.8) is 0 Å². The molecule has 0 saturated carbocycles. The zero-order valence-electron chi connectivity index (χ0n) is 14.6. The minimum absolute atomic E-state index is 0.00787. The van der Waals surface area contributed by atoms with E-state index >= 15 is 0 Å². The Labute approximate surface area is 155 Å². The molecule has 3 aromatic rings. The van der Waals surface area contributed by atoms with E-state index in [1.807, 2.05) is 30.3 Å². The molecule has 3 rings (SSSR count). The molecule has 8 nitrogen and oxygen atoms in total. The molecule has 138 valence electrons. The number of rotatable bonds is 7. The van der Waals surface area contributed by atoms with Gasteiger partial charge in [-0.1, -0.05) is 47.6 Å². The number of carbonyl (C=O) groups is 2. The van der Waals surface area contributed by atoms with Gasteiger partial charge in [-0.3, -0.25) is 9.59 Å². The van der Waals surface area contributed by atoms with Crippen LogP contribution in [0.5, 0.6) is 5.75 Å². The van der Waals surface area contributed by atoms with Crippen molar-refractivity contribution in [3.8, 4) is 5.75 Å². The molecule has 0 radical (unpaired) electrons. The molecular weight excluding hydrogens is 348 g/mol. The Morgan fingerprint density at radius 1 is 1.07 bits per heavy atom. The third-order valence-corrected chi connectivity index (χ3v) is 3.51. The first-order valence-corrected chi connectivity index (χ1v) is 8.26. The second-order valence-electron chi connectivity index (χ2n) is 5.65. The Morgan fingerprint density at radius 3 is 2.59 bits per heavy atom. The Morgan fingerprint density at radius 2 is 1.81 bits per heavy atom. The number of hydrogen-bond donors (Lipinski definition) is 2. The third-order valence-electron chi connectivity index (χ3n) is 3.51. The Hall–Kier alpha value is -3.68. The molecule has 8 heteroatoms. The zero-order chi connectivity index (χ0) is 19.1. The SMILES string of the molecule is CC(=O)Nc1ccccc1OCc1noc(C(=O)NCc2ccccc2)n1. The molecule has 2 aromatic carbocycles. The largest absolute Gasteiger partial charge is 0.483 e. The van der Waals surface area contributed by atoms with Crippen LogP contribution in [0, 0.1) is 0 Å². The van der Waals surface area contributed by atoms with Crippen LogP contribution in [0.2, 0.25) is 0 Å². The van der Waals surface area contributed by atoms with E-state index in [0.717, 1.165) is 5.56 Å². The van der Waals surface area contributed by atoms with E-state index in [0.29, 0.717) is 18.0 Å². The molecule has 0 fully saturated rings. The van der Waals surface area contributed by atoms with Gasteiger partial charge in [0.1, 0.15) is 5.75 Å². The fourth-order valence-electron chi connectivity index (χ4n) is 2.29. The lowest BCUT2D eigenvalue weighted by Gasteiger charge is -2.09. The molecule has 0 aliphatic rings. The van der Waals surface area contributed by atoms with Crippen molar-refractivity contribution in [2.45, 2.75) is 20.1 Å². The molecule has 0 unspecified atom stereocenters. The summed E-state index contributed by atoms with van der Waals surface area (Å²) < 4.78 is 10.6. The van der Waals surface area contributed by atoms with Gasteiger partial charge in [-0.15, -0.1) is 0 Å². The van der Waals surface area contributed by atoms with Crippen molar-refractivity contribution in [1.29, 1.82) is 0 Å². The molecule has 1 heterocycles. The molecule has 2 N–H and O–H groups in total. The van der Waals surface area contributed by atoms with Crippen molar-refractivity contribution in [2.75, 3.05) is 5.32 Å². The standard InChI is InChI=1S/C19H18N4O4/c1-13(24)21-15-9-5-6-10-16(15)26-12-17-22-19(27-23-17)18(25)20-11-14-7-3-2-4-8-14/h2-10H,11-12H2,1H3,(H,20,25)(H,21,24). The van der Waals surface area contributed by atoms with Crippen LogP contribution in [-0.2, 0) is 17.9 Å². The summed E-state index contributed by atoms with van der Waals surface area (Å²) in [6.07, 6.45) is 0. The Kier molecular flexibility index (Phi) is 5.78. The van der Waals surface area contributed by atoms with Crippen LogP contribution in [0.1, 0.15) is 29.0 Å². The second kappa shape index (κ2) is 8.61. The molecule has 0 spiro atoms. The van der Waals surface area contributed by atoms with E-state index in [2.05, 4.69) is 20.8 Å². The average molecular weight is 366 g/mol. The van der Waals surface area contributed by atoms with E-state index in [1.54, 1.807) is 24.3 Å². The van der Waals surface area contributed by atoms with Crippen molar-refractivity contribution in [2.24, 2.45) is 0 Å². The maximum Gasteiger partial charge on any atom is 0.316 e. The Balaban J connectivity index is 1.57. The van der Waals surface area contributed by atoms with Gasteiger partial charge >= 0.3 is 11.8 Å². The Bertz CT molecular complexity index is 924. The quantitative estimate of drug-likeness (QED) is 0.665. The van der Waals surface area contributed by atoms with E-state index in [-0.39, 0.29) is 24.2 Å². The second-order valence-corrected chi connectivity index (χ2v) is 5.65. The van der Waals surface area contributed by atoms with Crippen LogP contribution < -0.4 is 15.4 Å². The minimum Gasteiger partial charge on any atom is -0.483 e. The molecule has 0 saturated heterocycles. The number of ether oxygens (including phenoxy) is 1. The molecule has 1 aromatic heterocycles. The van der Waals surface area contributed by atoms with E-state index < -0.39 is 5.91 Å². The van der Waals surface area contributed by atoms with Gasteiger partial charge in [0.25, 0.3) is 0 Å². The van der Waals surface area contributed by atoms with E-state index in [1.165, 1.54) is 6.92 Å². The van der Waals surface area contributed by atoms with Gasteiger partial charge in [0.2, 0.25) is 11.7 Å². The minimum atomic E-state index is -0.462. The highest BCUT2D eigenvalue weighted by Crippen LogP contribution is 2.24. The molecule has 0 atom stereocenters. The smallest absolute Gasteiger partial charge is 0.316 e. The summed E-state index contributed by atoms with van der Waals surface area (Å²) in [5, 5.41) is 9.12. The van der Waals surface area contributed by atoms with Crippen LogP contribution in [0.4, 0.5) is 5.69 Å². The number of amides is 2. The number of hydrogen-bond acceptors (Lipinski definition) is 6. The van der Waals surface area contributed by atoms with Crippen molar-refractivity contribution < 1.29 is 18.8 Å². The van der Waals surface area contributed by atoms with Crippen LogP contribution >= 0.6 is 0 Å². The molecule has 2 amide bonds. The lowest BCUT2D eigenvalue weighted by Crippen LogP contribution is -2.23. The van der Waals surface area contributed by atoms with Crippen LogP contribution in [-0.4, -0.2) is 22.0 Å². The highest BCUT2D eigenvalue weighted by atomic mass is 16.5. The molecule has 0 bridgehead atoms. The summed E-state index contributed by atoms with van der Waals surface area (Å²) >= 11 is 0. The van der Waals surface area contributed by atoms with E-state index in [4.69, 9.17) is 9.26 Å². The molecule has 0 aliphatic heterocycles. The maximum absolute atomic E-state index is 12.1. The molecule has 0 aliphatic carbocycles. The molecule has 27 heavy (non-hydrogen) atoms. The summed E-state index contributed by atoms with van der Waals surface area (Å²) in [6, 6.07) is 16.5. The van der Waals surface area contributed by atoms with Gasteiger partial charge in [0.05, 0.1) is 5.69 Å². The number of aromatic nitrogens is 2. The van der Waals surface area contributed by atoms with Crippen molar-refractivity contribution in [3.05, 3.63) is 71.9 Å². The zero-order valence-corrected chi connectivity index (χ0v) is 14.6. The topological polar surface area (TPSA) is 106 Å². The monoisotopic (exact) mass is 366 g/mol. The van der Waals surface area contributed by atoms with Gasteiger partial charge in [0.15, 0.2) is 6.61 Å². The number of para-hydroxylation sites is 2. The van der Waals surface area contributed by atoms with Crippen LogP contribution in [0.3, 0.4) is 0 Å². The van der Waals surface area contributed by atoms with Gasteiger partial charge in [-0.25, -0.2) is 0 Å². The highest BCUT2D eigenvalue weighted by Gasteiger charge is 2.15. The van der Waals surface area contributed by atoms with Crippen molar-refractivity contribution >= 4 is 17.5 Å². The number of carbonyl (C=O) groups excluding carboxylic acids is 2. The summed E-state index contributed by atoms with van der Waals surface area (Å²) in [6.45, 7) is 1.76. The normalized spacial score (nSPS) is 10.3. The lowest BCUT2D eigenvalue weighted by atomic mass is 10.2. The summed E-state index contributed by atoms with van der Waals surface area (Å²) in [7, 11) is 0. The van der Waals surface area contributed by atoms with Crippen LogP contribution in [0.25, 0.3) is 0 Å². The van der Waals surface area contributed by atoms with Crippen LogP contribution in [0.15, 0.2) is 59.1 Å².